The van der Waals surface area contributed by atoms with Crippen molar-refractivity contribution in [3.63, 3.8) is 0 Å². The maximum absolute atomic E-state index is 13.0. The molecule has 0 unspecified atom stereocenters. The molecule has 2 N–H and O–H groups in total. The zero-order chi connectivity index (χ0) is 14.5. The molecule has 0 saturated heterocycles. The molecule has 0 saturated carbocycles. The number of phenolic OH excluding ortho intramolecular Hbond substituents is 1. The number of halogens is 2. The third-order valence-corrected chi connectivity index (χ3v) is 2.75. The zero-order valence-electron chi connectivity index (χ0n) is 10.6. The van der Waals surface area contributed by atoms with E-state index in [0.29, 0.717) is 5.56 Å². The van der Waals surface area contributed by atoms with Crippen LogP contribution in [0.3, 0.4) is 0 Å². The van der Waals surface area contributed by atoms with Crippen molar-refractivity contribution >= 4 is 5.91 Å². The lowest BCUT2D eigenvalue weighted by molar-refractivity contribution is -0.120. The molecule has 0 spiro atoms. The summed E-state index contributed by atoms with van der Waals surface area (Å²) < 4.78 is 25.7. The molecule has 2 aromatic rings. The lowest BCUT2D eigenvalue weighted by Crippen LogP contribution is -2.24. The number of rotatable bonds is 4. The molecule has 0 aliphatic rings. The van der Waals surface area contributed by atoms with E-state index in [1.165, 1.54) is 18.2 Å². The summed E-state index contributed by atoms with van der Waals surface area (Å²) in [6, 6.07) is 9.87. The van der Waals surface area contributed by atoms with E-state index >= 15 is 0 Å². The Morgan fingerprint density at radius 3 is 2.55 bits per heavy atom. The van der Waals surface area contributed by atoms with Gasteiger partial charge in [-0.3, -0.25) is 4.79 Å². The Morgan fingerprint density at radius 1 is 1.05 bits per heavy atom. The molecule has 0 radical (unpaired) electrons. The van der Waals surface area contributed by atoms with Crippen molar-refractivity contribution in [1.82, 2.24) is 5.32 Å². The first-order valence-electron chi connectivity index (χ1n) is 6.03. The summed E-state index contributed by atoms with van der Waals surface area (Å²) in [5, 5.41) is 11.9. The van der Waals surface area contributed by atoms with Gasteiger partial charge in [-0.1, -0.05) is 18.2 Å². The number of hydrogen-bond donors (Lipinski definition) is 2. The molecule has 0 atom stereocenters. The summed E-state index contributed by atoms with van der Waals surface area (Å²) in [5.74, 6) is -2.09. The fourth-order valence-corrected chi connectivity index (χ4v) is 1.76. The van der Waals surface area contributed by atoms with Crippen molar-refractivity contribution in [2.45, 2.75) is 13.0 Å². The Balaban J connectivity index is 1.91. The summed E-state index contributed by atoms with van der Waals surface area (Å²) in [4.78, 5) is 11.7. The molecule has 5 heteroatoms. The minimum Gasteiger partial charge on any atom is -0.508 e. The van der Waals surface area contributed by atoms with E-state index in [-0.39, 0.29) is 24.6 Å². The molecule has 20 heavy (non-hydrogen) atoms. The second-order valence-corrected chi connectivity index (χ2v) is 4.37. The van der Waals surface area contributed by atoms with Gasteiger partial charge in [-0.25, -0.2) is 8.78 Å². The second kappa shape index (κ2) is 6.14. The molecule has 2 aromatic carbocycles. The fourth-order valence-electron chi connectivity index (χ4n) is 1.76. The van der Waals surface area contributed by atoms with Crippen LogP contribution in [0.5, 0.6) is 5.75 Å². The topological polar surface area (TPSA) is 49.3 Å². The van der Waals surface area contributed by atoms with Crippen LogP contribution in [0.2, 0.25) is 0 Å². The Hall–Kier alpha value is -2.43. The summed E-state index contributed by atoms with van der Waals surface area (Å²) in [7, 11) is 0. The van der Waals surface area contributed by atoms with Gasteiger partial charge in [-0.15, -0.1) is 0 Å². The molecule has 2 rings (SSSR count). The highest BCUT2D eigenvalue weighted by Gasteiger charge is 2.07. The van der Waals surface area contributed by atoms with Gasteiger partial charge in [0.2, 0.25) is 5.91 Å². The van der Waals surface area contributed by atoms with Crippen molar-refractivity contribution in [2.24, 2.45) is 0 Å². The van der Waals surface area contributed by atoms with Gasteiger partial charge in [0.15, 0.2) is 11.6 Å². The molecule has 0 aromatic heterocycles. The lowest BCUT2D eigenvalue weighted by atomic mass is 10.1. The van der Waals surface area contributed by atoms with Crippen LogP contribution in [-0.4, -0.2) is 11.0 Å². The molecule has 0 aliphatic carbocycles. The van der Waals surface area contributed by atoms with E-state index in [4.69, 9.17) is 0 Å². The highest BCUT2D eigenvalue weighted by Crippen LogP contribution is 2.11. The van der Waals surface area contributed by atoms with E-state index < -0.39 is 11.6 Å². The van der Waals surface area contributed by atoms with Gasteiger partial charge < -0.3 is 10.4 Å². The zero-order valence-corrected chi connectivity index (χ0v) is 10.6. The van der Waals surface area contributed by atoms with Gasteiger partial charge in [0, 0.05) is 6.54 Å². The molecular formula is C15H13F2NO2. The first kappa shape index (κ1) is 14.0. The lowest BCUT2D eigenvalue weighted by Gasteiger charge is -2.06. The SMILES string of the molecule is O=C(Cc1ccc(F)c(F)c1)NCc1cccc(O)c1. The van der Waals surface area contributed by atoms with Gasteiger partial charge in [0.05, 0.1) is 6.42 Å². The molecule has 1 amide bonds. The minimum atomic E-state index is -0.969. The Kier molecular flexibility index (Phi) is 4.30. The predicted octanol–water partition coefficient (Wildman–Crippen LogP) is 2.53. The average Bonchev–Trinajstić information content (AvgIpc) is 2.41. The molecule has 0 aliphatic heterocycles. The molecular weight excluding hydrogens is 264 g/mol. The van der Waals surface area contributed by atoms with Gasteiger partial charge in [-0.05, 0) is 35.4 Å². The van der Waals surface area contributed by atoms with Gasteiger partial charge in [-0.2, -0.15) is 0 Å². The van der Waals surface area contributed by atoms with E-state index in [9.17, 15) is 18.7 Å². The van der Waals surface area contributed by atoms with Crippen molar-refractivity contribution < 1.29 is 18.7 Å². The third-order valence-electron chi connectivity index (χ3n) is 2.75. The van der Waals surface area contributed by atoms with Crippen LogP contribution in [0.4, 0.5) is 8.78 Å². The largest absolute Gasteiger partial charge is 0.508 e. The number of benzene rings is 2. The van der Waals surface area contributed by atoms with Crippen molar-refractivity contribution in [3.05, 3.63) is 65.2 Å². The number of amides is 1. The monoisotopic (exact) mass is 277 g/mol. The van der Waals surface area contributed by atoms with Crippen LogP contribution in [-0.2, 0) is 17.8 Å². The van der Waals surface area contributed by atoms with Crippen LogP contribution >= 0.6 is 0 Å². The Labute approximate surface area is 114 Å². The number of phenols is 1. The molecule has 104 valence electrons. The van der Waals surface area contributed by atoms with Crippen molar-refractivity contribution in [3.8, 4) is 5.75 Å². The number of carbonyl (C=O) groups excluding carboxylic acids is 1. The first-order chi connectivity index (χ1) is 9.54. The van der Waals surface area contributed by atoms with Crippen LogP contribution < -0.4 is 5.32 Å². The summed E-state index contributed by atoms with van der Waals surface area (Å²) in [5.41, 5.74) is 1.15. The summed E-state index contributed by atoms with van der Waals surface area (Å²) >= 11 is 0. The fraction of sp³-hybridized carbons (Fsp3) is 0.133. The van der Waals surface area contributed by atoms with Gasteiger partial charge in [0.25, 0.3) is 0 Å². The van der Waals surface area contributed by atoms with Crippen molar-refractivity contribution in [1.29, 1.82) is 0 Å². The van der Waals surface area contributed by atoms with E-state index in [1.807, 2.05) is 0 Å². The quantitative estimate of drug-likeness (QED) is 0.902. The van der Waals surface area contributed by atoms with Crippen LogP contribution in [0.15, 0.2) is 42.5 Å². The summed E-state index contributed by atoms with van der Waals surface area (Å²) in [6.07, 6.45) is -0.0317. The highest BCUT2D eigenvalue weighted by molar-refractivity contribution is 5.78. The summed E-state index contributed by atoms with van der Waals surface area (Å²) in [6.45, 7) is 0.261. The van der Waals surface area contributed by atoms with E-state index in [2.05, 4.69) is 5.32 Å². The van der Waals surface area contributed by atoms with Gasteiger partial charge in [0.1, 0.15) is 5.75 Å². The van der Waals surface area contributed by atoms with E-state index in [0.717, 1.165) is 17.7 Å². The molecule has 0 fully saturated rings. The second-order valence-electron chi connectivity index (χ2n) is 4.37. The highest BCUT2D eigenvalue weighted by atomic mass is 19.2. The van der Waals surface area contributed by atoms with E-state index in [1.54, 1.807) is 12.1 Å². The standard InChI is InChI=1S/C15H13F2NO2/c16-13-5-4-10(7-14(13)17)8-15(20)18-9-11-2-1-3-12(19)6-11/h1-7,19H,8-9H2,(H,18,20). The normalized spacial score (nSPS) is 10.3. The number of nitrogens with one attached hydrogen (secondary N) is 1. The number of hydrogen-bond acceptors (Lipinski definition) is 2. The smallest absolute Gasteiger partial charge is 0.224 e. The minimum absolute atomic E-state index is 0.0317. The molecule has 3 nitrogen and oxygen atoms in total. The molecule has 0 heterocycles. The average molecular weight is 277 g/mol. The van der Waals surface area contributed by atoms with Crippen LogP contribution in [0.1, 0.15) is 11.1 Å². The maximum atomic E-state index is 13.0. The number of aromatic hydroxyl groups is 1. The Morgan fingerprint density at radius 2 is 1.85 bits per heavy atom. The van der Waals surface area contributed by atoms with Gasteiger partial charge >= 0.3 is 0 Å². The maximum Gasteiger partial charge on any atom is 0.224 e. The van der Waals surface area contributed by atoms with Crippen LogP contribution in [0.25, 0.3) is 0 Å². The number of carbonyl (C=O) groups is 1. The third kappa shape index (κ3) is 3.78. The van der Waals surface area contributed by atoms with Crippen LogP contribution in [0, 0.1) is 11.6 Å². The first-order valence-corrected chi connectivity index (χ1v) is 6.03. The Bertz CT molecular complexity index is 629. The van der Waals surface area contributed by atoms with Crippen molar-refractivity contribution in [2.75, 3.05) is 0 Å². The molecule has 0 bridgehead atoms. The predicted molar refractivity (Wildman–Crippen MR) is 70.0 cm³/mol.